The molecule has 0 radical (unpaired) electrons. The lowest BCUT2D eigenvalue weighted by atomic mass is 9.99. The molecule has 1 atom stereocenters. The van der Waals surface area contributed by atoms with Crippen molar-refractivity contribution in [3.63, 3.8) is 0 Å². The summed E-state index contributed by atoms with van der Waals surface area (Å²) >= 11 is 2.21. The van der Waals surface area contributed by atoms with Crippen LogP contribution in [0.4, 0.5) is 0 Å². The van der Waals surface area contributed by atoms with Gasteiger partial charge in [-0.15, -0.1) is 0 Å². The number of hydrogen-bond acceptors (Lipinski definition) is 1. The third-order valence-electron chi connectivity index (χ3n) is 2.20. The summed E-state index contributed by atoms with van der Waals surface area (Å²) in [5.41, 5.74) is 0.784. The second kappa shape index (κ2) is 4.09. The fourth-order valence-electron chi connectivity index (χ4n) is 1.45. The van der Waals surface area contributed by atoms with Crippen molar-refractivity contribution in [3.8, 4) is 0 Å². The van der Waals surface area contributed by atoms with Crippen LogP contribution < -0.4 is 0 Å². The van der Waals surface area contributed by atoms with Crippen molar-refractivity contribution in [3.05, 3.63) is 57.7 Å². The van der Waals surface area contributed by atoms with Crippen molar-refractivity contribution in [2.45, 2.75) is 0 Å². The van der Waals surface area contributed by atoms with Gasteiger partial charge in [-0.3, -0.25) is 4.79 Å². The summed E-state index contributed by atoms with van der Waals surface area (Å²) in [4.78, 5) is 12.0. The molecule has 1 aliphatic carbocycles. The molecule has 2 rings (SSSR count). The van der Waals surface area contributed by atoms with Crippen LogP contribution in [0.25, 0.3) is 0 Å². The zero-order valence-corrected chi connectivity index (χ0v) is 9.64. The van der Waals surface area contributed by atoms with Crippen LogP contribution in [0, 0.1) is 5.92 Å². The molecule has 0 N–H and O–H groups in total. The van der Waals surface area contributed by atoms with Gasteiger partial charge in [0.1, 0.15) is 0 Å². The Hall–Kier alpha value is -0.900. The summed E-state index contributed by atoms with van der Waals surface area (Å²) in [5, 5.41) is 0. The van der Waals surface area contributed by atoms with Gasteiger partial charge in [0.15, 0.2) is 5.78 Å². The molecule has 0 bridgehead atoms. The van der Waals surface area contributed by atoms with Crippen LogP contribution in [0.1, 0.15) is 10.4 Å². The number of carbonyl (C=O) groups excluding carboxylic acids is 1. The number of halogens is 1. The van der Waals surface area contributed by atoms with E-state index in [0.29, 0.717) is 0 Å². The SMILES string of the molecule is O=C(c1ccccc1)C1C=CC=C1I. The van der Waals surface area contributed by atoms with Crippen LogP contribution in [0.15, 0.2) is 52.1 Å². The average Bonchev–Trinajstić information content (AvgIpc) is 2.65. The molecule has 0 heterocycles. The van der Waals surface area contributed by atoms with E-state index in [9.17, 15) is 4.79 Å². The summed E-state index contributed by atoms with van der Waals surface area (Å²) in [7, 11) is 0. The molecule has 0 saturated heterocycles. The normalized spacial score (nSPS) is 19.5. The standard InChI is InChI=1S/C12H9IO/c13-11-8-4-7-10(11)12(14)9-5-2-1-3-6-9/h1-8,10H. The van der Waals surface area contributed by atoms with Gasteiger partial charge in [0.25, 0.3) is 0 Å². The van der Waals surface area contributed by atoms with Gasteiger partial charge in [0.2, 0.25) is 0 Å². The smallest absolute Gasteiger partial charge is 0.174 e. The second-order valence-corrected chi connectivity index (χ2v) is 4.39. The first-order valence-electron chi connectivity index (χ1n) is 4.42. The number of Topliss-reactive ketones (excluding diaryl/α,β-unsaturated/α-hetero) is 1. The van der Waals surface area contributed by atoms with E-state index in [0.717, 1.165) is 9.14 Å². The minimum absolute atomic E-state index is 0.0574. The molecule has 70 valence electrons. The van der Waals surface area contributed by atoms with E-state index >= 15 is 0 Å². The fraction of sp³-hybridized carbons (Fsp3) is 0.0833. The first-order valence-corrected chi connectivity index (χ1v) is 5.50. The highest BCUT2D eigenvalue weighted by Crippen LogP contribution is 2.28. The van der Waals surface area contributed by atoms with Crippen LogP contribution in [0.3, 0.4) is 0 Å². The maximum atomic E-state index is 12.0. The molecule has 1 aromatic rings. The largest absolute Gasteiger partial charge is 0.293 e. The lowest BCUT2D eigenvalue weighted by molar-refractivity contribution is 0.0965. The molecular formula is C12H9IO. The molecule has 0 saturated carbocycles. The molecule has 1 nitrogen and oxygen atoms in total. The van der Waals surface area contributed by atoms with Crippen LogP contribution in [0.5, 0.6) is 0 Å². The first kappa shape index (κ1) is 9.65. The molecule has 0 fully saturated rings. The minimum Gasteiger partial charge on any atom is -0.293 e. The van der Waals surface area contributed by atoms with E-state index in [4.69, 9.17) is 0 Å². The monoisotopic (exact) mass is 296 g/mol. The molecular weight excluding hydrogens is 287 g/mol. The summed E-state index contributed by atoms with van der Waals surface area (Å²) in [6, 6.07) is 9.42. The Morgan fingerprint density at radius 3 is 2.50 bits per heavy atom. The predicted octanol–water partition coefficient (Wildman–Crippen LogP) is 3.37. The lowest BCUT2D eigenvalue weighted by Gasteiger charge is -2.07. The van der Waals surface area contributed by atoms with Gasteiger partial charge in [-0.2, -0.15) is 0 Å². The van der Waals surface area contributed by atoms with Gasteiger partial charge < -0.3 is 0 Å². The molecule has 2 heteroatoms. The minimum atomic E-state index is -0.0574. The summed E-state index contributed by atoms with van der Waals surface area (Å²) in [5.74, 6) is 0.123. The Kier molecular flexibility index (Phi) is 2.82. The number of benzene rings is 1. The van der Waals surface area contributed by atoms with Crippen molar-refractivity contribution in [1.82, 2.24) is 0 Å². The highest BCUT2D eigenvalue weighted by molar-refractivity contribution is 14.1. The predicted molar refractivity (Wildman–Crippen MR) is 65.5 cm³/mol. The van der Waals surface area contributed by atoms with Crippen molar-refractivity contribution >= 4 is 28.4 Å². The van der Waals surface area contributed by atoms with Crippen molar-refractivity contribution in [1.29, 1.82) is 0 Å². The van der Waals surface area contributed by atoms with Crippen molar-refractivity contribution < 1.29 is 4.79 Å². The fourth-order valence-corrected chi connectivity index (χ4v) is 2.15. The molecule has 0 aliphatic heterocycles. The molecule has 14 heavy (non-hydrogen) atoms. The zero-order valence-electron chi connectivity index (χ0n) is 7.48. The summed E-state index contributed by atoms with van der Waals surface area (Å²) < 4.78 is 1.09. The van der Waals surface area contributed by atoms with Gasteiger partial charge in [-0.1, -0.05) is 48.6 Å². The van der Waals surface area contributed by atoms with Gasteiger partial charge in [0.05, 0.1) is 5.92 Å². The van der Waals surface area contributed by atoms with Gasteiger partial charge in [-0.25, -0.2) is 0 Å². The van der Waals surface area contributed by atoms with E-state index in [2.05, 4.69) is 22.6 Å². The Bertz CT molecular complexity index is 404. The quantitative estimate of drug-likeness (QED) is 0.604. The van der Waals surface area contributed by atoms with Gasteiger partial charge in [-0.05, 0) is 22.6 Å². The van der Waals surface area contributed by atoms with E-state index in [1.807, 2.05) is 48.6 Å². The number of ketones is 1. The Labute approximate surface area is 96.7 Å². The Morgan fingerprint density at radius 1 is 1.21 bits per heavy atom. The number of hydrogen-bond donors (Lipinski definition) is 0. The highest BCUT2D eigenvalue weighted by Gasteiger charge is 2.21. The van der Waals surface area contributed by atoms with E-state index in [-0.39, 0.29) is 11.7 Å². The number of carbonyl (C=O) groups is 1. The van der Waals surface area contributed by atoms with Crippen LogP contribution in [-0.2, 0) is 0 Å². The molecule has 1 aromatic carbocycles. The molecule has 0 spiro atoms. The molecule has 0 amide bonds. The highest BCUT2D eigenvalue weighted by atomic mass is 127. The van der Waals surface area contributed by atoms with Crippen molar-refractivity contribution in [2.24, 2.45) is 5.92 Å². The molecule has 1 unspecified atom stereocenters. The van der Waals surface area contributed by atoms with E-state index in [1.54, 1.807) is 0 Å². The van der Waals surface area contributed by atoms with Crippen LogP contribution in [0.2, 0.25) is 0 Å². The topological polar surface area (TPSA) is 17.1 Å². The first-order chi connectivity index (χ1) is 6.79. The second-order valence-electron chi connectivity index (χ2n) is 3.14. The summed E-state index contributed by atoms with van der Waals surface area (Å²) in [6.45, 7) is 0. The zero-order chi connectivity index (χ0) is 9.97. The molecule has 1 aliphatic rings. The number of rotatable bonds is 2. The Balaban J connectivity index is 2.26. The Morgan fingerprint density at radius 2 is 1.93 bits per heavy atom. The third-order valence-corrected chi connectivity index (χ3v) is 3.23. The summed E-state index contributed by atoms with van der Waals surface area (Å²) in [6.07, 6.45) is 5.86. The van der Waals surface area contributed by atoms with E-state index in [1.165, 1.54) is 0 Å². The van der Waals surface area contributed by atoms with E-state index < -0.39 is 0 Å². The maximum absolute atomic E-state index is 12.0. The van der Waals surface area contributed by atoms with Gasteiger partial charge >= 0.3 is 0 Å². The van der Waals surface area contributed by atoms with Crippen LogP contribution >= 0.6 is 22.6 Å². The third kappa shape index (κ3) is 1.80. The average molecular weight is 296 g/mol. The lowest BCUT2D eigenvalue weighted by Crippen LogP contribution is -2.10. The number of allylic oxidation sites excluding steroid dienone is 4. The van der Waals surface area contributed by atoms with Crippen molar-refractivity contribution in [2.75, 3.05) is 0 Å². The molecule has 0 aromatic heterocycles. The van der Waals surface area contributed by atoms with Crippen LogP contribution in [-0.4, -0.2) is 5.78 Å². The van der Waals surface area contributed by atoms with Gasteiger partial charge in [0, 0.05) is 9.14 Å². The maximum Gasteiger partial charge on any atom is 0.174 e.